The van der Waals surface area contributed by atoms with Crippen LogP contribution in [0.4, 0.5) is 13.2 Å². The molecule has 98 valence electrons. The van der Waals surface area contributed by atoms with E-state index in [4.69, 9.17) is 13.0 Å². The number of thiol groups is 1. The Balaban J connectivity index is 0.000000172. The lowest BCUT2D eigenvalue weighted by molar-refractivity contribution is -0.0510. The van der Waals surface area contributed by atoms with Crippen LogP contribution in [-0.2, 0) is 23.1 Å². The number of aromatic nitrogens is 2. The summed E-state index contributed by atoms with van der Waals surface area (Å²) in [6, 6.07) is 0. The number of imidazole rings is 1. The van der Waals surface area contributed by atoms with Gasteiger partial charge in [-0.2, -0.15) is 34.2 Å². The Morgan fingerprint density at radius 3 is 2.47 bits per heavy atom. The van der Waals surface area contributed by atoms with Gasteiger partial charge in [-0.15, -0.1) is 0 Å². The van der Waals surface area contributed by atoms with Gasteiger partial charge in [0, 0.05) is 30.1 Å². The van der Waals surface area contributed by atoms with Crippen LogP contribution in [0.3, 0.4) is 0 Å². The Morgan fingerprint density at radius 1 is 1.53 bits per heavy atom. The van der Waals surface area contributed by atoms with E-state index >= 15 is 0 Å². The summed E-state index contributed by atoms with van der Waals surface area (Å²) in [5.74, 6) is 0. The standard InChI is InChI=1S/C6H8N2S.CHF3O3S/c9-6-1-5-2-7-4-8(5)3-6;2-1(3,4)8(5,6)7/h2,4,6,9H,1,3H2;(H,5,6,7). The summed E-state index contributed by atoms with van der Waals surface area (Å²) < 4.78 is 59.7. The molecule has 1 aliphatic heterocycles. The third-order valence-electron chi connectivity index (χ3n) is 1.94. The molecule has 0 saturated heterocycles. The van der Waals surface area contributed by atoms with Crippen LogP contribution in [0, 0.1) is 0 Å². The van der Waals surface area contributed by atoms with E-state index in [2.05, 4.69) is 22.2 Å². The number of halogens is 3. The van der Waals surface area contributed by atoms with Gasteiger partial charge in [0.25, 0.3) is 0 Å². The molecular weight excluding hydrogens is 281 g/mol. The van der Waals surface area contributed by atoms with E-state index in [9.17, 15) is 13.2 Å². The first-order valence-electron chi connectivity index (χ1n) is 4.32. The molecule has 1 aromatic heterocycles. The molecule has 2 heterocycles. The largest absolute Gasteiger partial charge is 0.522 e. The first-order valence-corrected chi connectivity index (χ1v) is 6.27. The summed E-state index contributed by atoms with van der Waals surface area (Å²) in [6.07, 6.45) is 4.85. The predicted octanol–water partition coefficient (Wildman–Crippen LogP) is 1.13. The van der Waals surface area contributed by atoms with E-state index in [0.29, 0.717) is 5.25 Å². The maximum absolute atomic E-state index is 10.7. The molecule has 0 amide bonds. The molecule has 0 aliphatic carbocycles. The monoisotopic (exact) mass is 290 g/mol. The topological polar surface area (TPSA) is 72.2 Å². The summed E-state index contributed by atoms with van der Waals surface area (Å²) in [5, 5.41) is 0.517. The minimum absolute atomic E-state index is 0.517. The Kier molecular flexibility index (Phi) is 4.10. The lowest BCUT2D eigenvalue weighted by Gasteiger charge is -1.97. The molecule has 5 nitrogen and oxygen atoms in total. The van der Waals surface area contributed by atoms with Gasteiger partial charge in [-0.25, -0.2) is 4.98 Å². The summed E-state index contributed by atoms with van der Waals surface area (Å²) in [4.78, 5) is 4.01. The average molecular weight is 290 g/mol. The van der Waals surface area contributed by atoms with Crippen molar-refractivity contribution >= 4 is 22.7 Å². The minimum atomic E-state index is -5.84. The van der Waals surface area contributed by atoms with Crippen molar-refractivity contribution in [3.8, 4) is 0 Å². The molecule has 1 atom stereocenters. The Morgan fingerprint density at radius 2 is 2.06 bits per heavy atom. The quantitative estimate of drug-likeness (QED) is 0.427. The SMILES string of the molecule is O=S(=O)(O)C(F)(F)F.SC1Cc2cncn2C1. The summed E-state index contributed by atoms with van der Waals surface area (Å²) in [6.45, 7) is 1.03. The molecule has 1 aromatic rings. The normalized spacial score (nSPS) is 19.5. The highest BCUT2D eigenvalue weighted by molar-refractivity contribution is 7.86. The molecule has 0 saturated carbocycles. The van der Waals surface area contributed by atoms with Gasteiger partial charge in [-0.05, 0) is 0 Å². The number of hydrogen-bond donors (Lipinski definition) is 2. The molecule has 1 N–H and O–H groups in total. The van der Waals surface area contributed by atoms with E-state index < -0.39 is 15.6 Å². The van der Waals surface area contributed by atoms with Gasteiger partial charge in [0.2, 0.25) is 0 Å². The van der Waals surface area contributed by atoms with Crippen molar-refractivity contribution in [2.45, 2.75) is 23.7 Å². The molecule has 0 spiro atoms. The molecular formula is C7H9F3N2O3S2. The molecule has 17 heavy (non-hydrogen) atoms. The number of nitrogens with zero attached hydrogens (tertiary/aromatic N) is 2. The Bertz CT molecular complexity index is 462. The number of fused-ring (bicyclic) bond motifs is 1. The average Bonchev–Trinajstić information content (AvgIpc) is 2.60. The maximum Gasteiger partial charge on any atom is 0.522 e. The molecule has 0 radical (unpaired) electrons. The Hall–Kier alpha value is -0.740. The molecule has 2 rings (SSSR count). The second-order valence-corrected chi connectivity index (χ2v) is 5.46. The highest BCUT2D eigenvalue weighted by Gasteiger charge is 2.44. The van der Waals surface area contributed by atoms with Crippen molar-refractivity contribution < 1.29 is 26.1 Å². The fraction of sp³-hybridized carbons (Fsp3) is 0.571. The highest BCUT2D eigenvalue weighted by Crippen LogP contribution is 2.20. The fourth-order valence-corrected chi connectivity index (χ4v) is 1.58. The number of hydrogen-bond acceptors (Lipinski definition) is 4. The minimum Gasteiger partial charge on any atom is -0.333 e. The van der Waals surface area contributed by atoms with Crippen molar-refractivity contribution in [2.24, 2.45) is 0 Å². The lowest BCUT2D eigenvalue weighted by Crippen LogP contribution is -2.21. The van der Waals surface area contributed by atoms with Crippen molar-refractivity contribution in [3.63, 3.8) is 0 Å². The van der Waals surface area contributed by atoms with E-state index in [1.807, 2.05) is 12.5 Å². The van der Waals surface area contributed by atoms with Crippen LogP contribution in [0.5, 0.6) is 0 Å². The molecule has 1 unspecified atom stereocenters. The van der Waals surface area contributed by atoms with Gasteiger partial charge >= 0.3 is 15.6 Å². The van der Waals surface area contributed by atoms with E-state index in [1.54, 1.807) is 0 Å². The van der Waals surface area contributed by atoms with Gasteiger partial charge in [-0.3, -0.25) is 4.55 Å². The van der Waals surface area contributed by atoms with Gasteiger partial charge in [-0.1, -0.05) is 0 Å². The van der Waals surface area contributed by atoms with Gasteiger partial charge in [0.05, 0.1) is 6.33 Å². The van der Waals surface area contributed by atoms with E-state index in [0.717, 1.165) is 13.0 Å². The van der Waals surface area contributed by atoms with Crippen molar-refractivity contribution in [2.75, 3.05) is 0 Å². The second-order valence-electron chi connectivity index (χ2n) is 3.32. The first kappa shape index (κ1) is 14.3. The van der Waals surface area contributed by atoms with Gasteiger partial charge in [0.1, 0.15) is 0 Å². The first-order chi connectivity index (χ1) is 7.61. The molecule has 0 fully saturated rings. The van der Waals surface area contributed by atoms with Crippen LogP contribution in [0.2, 0.25) is 0 Å². The number of alkyl halides is 3. The van der Waals surface area contributed by atoms with Crippen LogP contribution in [-0.4, -0.2) is 33.3 Å². The summed E-state index contributed by atoms with van der Waals surface area (Å²) in [5.41, 5.74) is -4.22. The zero-order valence-corrected chi connectivity index (χ0v) is 10.0. The van der Waals surface area contributed by atoms with Crippen LogP contribution in [0.25, 0.3) is 0 Å². The van der Waals surface area contributed by atoms with E-state index in [-0.39, 0.29) is 0 Å². The molecule has 0 aromatic carbocycles. The van der Waals surface area contributed by atoms with E-state index in [1.165, 1.54) is 5.69 Å². The van der Waals surface area contributed by atoms with Crippen LogP contribution in [0.15, 0.2) is 12.5 Å². The van der Waals surface area contributed by atoms with Gasteiger partial charge < -0.3 is 4.57 Å². The van der Waals surface area contributed by atoms with Crippen LogP contribution in [0.1, 0.15) is 5.69 Å². The third kappa shape index (κ3) is 3.89. The molecule has 1 aliphatic rings. The predicted molar refractivity (Wildman–Crippen MR) is 56.3 cm³/mol. The van der Waals surface area contributed by atoms with Gasteiger partial charge in [0.15, 0.2) is 0 Å². The lowest BCUT2D eigenvalue weighted by atomic mass is 10.3. The molecule has 10 heteroatoms. The van der Waals surface area contributed by atoms with Crippen molar-refractivity contribution in [1.82, 2.24) is 9.55 Å². The van der Waals surface area contributed by atoms with Crippen LogP contribution < -0.4 is 0 Å². The second kappa shape index (κ2) is 4.86. The van der Waals surface area contributed by atoms with Crippen LogP contribution >= 0.6 is 12.6 Å². The van der Waals surface area contributed by atoms with Crippen molar-refractivity contribution in [3.05, 3.63) is 18.2 Å². The maximum atomic E-state index is 10.7. The Labute approximate surface area is 101 Å². The zero-order valence-electron chi connectivity index (χ0n) is 8.29. The van der Waals surface area contributed by atoms with Crippen molar-refractivity contribution in [1.29, 1.82) is 0 Å². The highest BCUT2D eigenvalue weighted by atomic mass is 32.2. The molecule has 0 bridgehead atoms. The smallest absolute Gasteiger partial charge is 0.333 e. The third-order valence-corrected chi connectivity index (χ3v) is 2.87. The number of rotatable bonds is 0. The fourth-order valence-electron chi connectivity index (χ4n) is 1.22. The zero-order chi connectivity index (χ0) is 13.3. The summed E-state index contributed by atoms with van der Waals surface area (Å²) in [7, 11) is -5.84. The summed E-state index contributed by atoms with van der Waals surface area (Å²) >= 11 is 4.35.